The van der Waals surface area contributed by atoms with Gasteiger partial charge in [-0.3, -0.25) is 4.79 Å². The Hall–Kier alpha value is -0.930. The molecule has 8 atom stereocenters. The van der Waals surface area contributed by atoms with E-state index in [1.54, 1.807) is 11.1 Å². The third-order valence-corrected chi connectivity index (χ3v) is 11.8. The lowest BCUT2D eigenvalue weighted by Gasteiger charge is -2.59. The summed E-state index contributed by atoms with van der Waals surface area (Å²) in [6.45, 7) is 18.4. The summed E-state index contributed by atoms with van der Waals surface area (Å²) in [5.74, 6) is 1.85. The number of ether oxygens (including phenoxy) is 1. The zero-order chi connectivity index (χ0) is 24.2. The fourth-order valence-corrected chi connectivity index (χ4v) is 9.31. The molecular formula is C30H46O3. The van der Waals surface area contributed by atoms with E-state index in [4.69, 9.17) is 4.74 Å². The lowest BCUT2D eigenvalue weighted by atomic mass is 9.45. The van der Waals surface area contributed by atoms with Crippen LogP contribution in [0.25, 0.3) is 0 Å². The molecule has 5 aliphatic rings. The lowest BCUT2D eigenvalue weighted by molar-refractivity contribution is -0.136. The fraction of sp³-hybridized carbons (Fsp3) is 0.833. The maximum atomic E-state index is 12.8. The Morgan fingerprint density at radius 1 is 1.06 bits per heavy atom. The van der Waals surface area contributed by atoms with Crippen LogP contribution in [0.2, 0.25) is 0 Å². The second kappa shape index (κ2) is 7.06. The summed E-state index contributed by atoms with van der Waals surface area (Å²) >= 11 is 0. The summed E-state index contributed by atoms with van der Waals surface area (Å²) in [7, 11) is 0. The van der Waals surface area contributed by atoms with Gasteiger partial charge in [0.05, 0.1) is 11.7 Å². The number of aliphatic hydroxyl groups excluding tert-OH is 1. The molecule has 184 valence electrons. The van der Waals surface area contributed by atoms with Gasteiger partial charge in [-0.2, -0.15) is 0 Å². The van der Waals surface area contributed by atoms with Crippen molar-refractivity contribution in [1.82, 2.24) is 0 Å². The molecule has 4 aliphatic carbocycles. The lowest BCUT2D eigenvalue weighted by Crippen LogP contribution is -2.52. The Morgan fingerprint density at radius 3 is 2.36 bits per heavy atom. The van der Waals surface area contributed by atoms with Gasteiger partial charge in [0.1, 0.15) is 11.9 Å². The Bertz CT molecular complexity index is 925. The molecular weight excluding hydrogens is 408 g/mol. The molecule has 0 spiro atoms. The number of carbonyl (C=O) groups excluding carboxylic acids is 1. The number of hydrogen-bond donors (Lipinski definition) is 1. The minimum absolute atomic E-state index is 0.00302. The van der Waals surface area contributed by atoms with E-state index < -0.39 is 0 Å². The monoisotopic (exact) mass is 454 g/mol. The number of hydrogen-bond acceptors (Lipinski definition) is 3. The van der Waals surface area contributed by atoms with Crippen molar-refractivity contribution < 1.29 is 14.6 Å². The molecule has 5 rings (SSSR count). The van der Waals surface area contributed by atoms with Crippen LogP contribution in [-0.4, -0.2) is 28.7 Å². The van der Waals surface area contributed by atoms with Gasteiger partial charge in [-0.05, 0) is 91.9 Å². The molecule has 0 aromatic heterocycles. The zero-order valence-corrected chi connectivity index (χ0v) is 22.3. The van der Waals surface area contributed by atoms with Gasteiger partial charge in [-0.1, -0.05) is 59.3 Å². The number of epoxide rings is 1. The quantitative estimate of drug-likeness (QED) is 0.484. The molecule has 1 heterocycles. The molecule has 33 heavy (non-hydrogen) atoms. The maximum Gasteiger partial charge on any atom is 0.139 e. The highest BCUT2D eigenvalue weighted by Gasteiger charge is 2.63. The predicted molar refractivity (Wildman–Crippen MR) is 133 cm³/mol. The van der Waals surface area contributed by atoms with E-state index in [2.05, 4.69) is 67.5 Å². The number of allylic oxidation sites excluding steroid dienone is 4. The van der Waals surface area contributed by atoms with Crippen molar-refractivity contribution >= 4 is 5.78 Å². The predicted octanol–water partition coefficient (Wildman–Crippen LogP) is 6.65. The Labute approximate surface area is 201 Å². The van der Waals surface area contributed by atoms with Gasteiger partial charge in [-0.25, -0.2) is 0 Å². The molecule has 2 saturated carbocycles. The molecule has 0 bridgehead atoms. The van der Waals surface area contributed by atoms with E-state index in [1.807, 2.05) is 0 Å². The minimum Gasteiger partial charge on any atom is -0.390 e. The average Bonchev–Trinajstić information content (AvgIpc) is 3.26. The number of fused-ring (bicyclic) bond motifs is 4. The van der Waals surface area contributed by atoms with E-state index in [0.717, 1.165) is 25.7 Å². The second-order valence-electron chi connectivity index (χ2n) is 14.1. The van der Waals surface area contributed by atoms with E-state index in [-0.39, 0.29) is 39.5 Å². The van der Waals surface area contributed by atoms with Crippen molar-refractivity contribution in [3.8, 4) is 0 Å². The normalized spacial score (nSPS) is 46.9. The first-order chi connectivity index (χ1) is 15.2. The molecule has 3 nitrogen and oxygen atoms in total. The summed E-state index contributed by atoms with van der Waals surface area (Å²) in [6.07, 6.45) is 11.9. The van der Waals surface area contributed by atoms with Crippen LogP contribution < -0.4 is 0 Å². The van der Waals surface area contributed by atoms with Gasteiger partial charge in [0.2, 0.25) is 0 Å². The first-order valence-corrected chi connectivity index (χ1v) is 13.5. The largest absolute Gasteiger partial charge is 0.390 e. The summed E-state index contributed by atoms with van der Waals surface area (Å²) in [5.41, 5.74) is 3.37. The first-order valence-electron chi connectivity index (χ1n) is 13.5. The summed E-state index contributed by atoms with van der Waals surface area (Å²) in [5, 5.41) is 10.8. The number of aliphatic hydroxyl groups is 1. The molecule has 1 unspecified atom stereocenters. The molecule has 0 radical (unpaired) electrons. The molecule has 1 N–H and O–H groups in total. The number of Topliss-reactive ketones (excluding diaryl/α,β-unsaturated/α-hetero) is 1. The van der Waals surface area contributed by atoms with Crippen LogP contribution in [0.4, 0.5) is 0 Å². The standard InChI is InChI=1S/C30H46O3/c1-18(17-22(31)25-27(4,5)33-25)19-11-15-30(8)21-9-10-23-26(2,3)24(32)13-14-28(23,6)20(21)12-16-29(19,30)7/h9-10,18-19,22-23,25,31H,11-17H2,1-8H3/t18-,19-,22-,23?,25+,28-,29+,30-/m1/s1. The minimum atomic E-state index is -0.361. The van der Waals surface area contributed by atoms with Crippen LogP contribution in [0.15, 0.2) is 23.3 Å². The van der Waals surface area contributed by atoms with Gasteiger partial charge < -0.3 is 9.84 Å². The topological polar surface area (TPSA) is 49.8 Å². The van der Waals surface area contributed by atoms with Crippen LogP contribution in [0.5, 0.6) is 0 Å². The molecule has 1 aliphatic heterocycles. The van der Waals surface area contributed by atoms with Crippen LogP contribution in [0, 0.1) is 39.4 Å². The molecule has 1 saturated heterocycles. The third-order valence-electron chi connectivity index (χ3n) is 11.8. The highest BCUT2D eigenvalue weighted by atomic mass is 16.6. The van der Waals surface area contributed by atoms with Crippen molar-refractivity contribution in [3.63, 3.8) is 0 Å². The summed E-state index contributed by atoms with van der Waals surface area (Å²) in [4.78, 5) is 12.8. The van der Waals surface area contributed by atoms with Gasteiger partial charge >= 0.3 is 0 Å². The number of rotatable bonds is 4. The van der Waals surface area contributed by atoms with Crippen LogP contribution >= 0.6 is 0 Å². The highest BCUT2D eigenvalue weighted by Crippen LogP contribution is 2.71. The van der Waals surface area contributed by atoms with E-state index in [1.165, 1.54) is 19.3 Å². The third kappa shape index (κ3) is 3.10. The van der Waals surface area contributed by atoms with E-state index in [0.29, 0.717) is 23.5 Å². The van der Waals surface area contributed by atoms with E-state index >= 15 is 0 Å². The maximum absolute atomic E-state index is 12.8. The highest BCUT2D eigenvalue weighted by molar-refractivity contribution is 5.86. The fourth-order valence-electron chi connectivity index (χ4n) is 9.31. The van der Waals surface area contributed by atoms with Crippen LogP contribution in [0.3, 0.4) is 0 Å². The first kappa shape index (κ1) is 23.8. The Kier molecular flexibility index (Phi) is 5.09. The molecule has 0 aromatic carbocycles. The second-order valence-corrected chi connectivity index (χ2v) is 14.1. The van der Waals surface area contributed by atoms with Crippen LogP contribution in [-0.2, 0) is 9.53 Å². The molecule has 3 heteroatoms. The van der Waals surface area contributed by atoms with Crippen molar-refractivity contribution in [2.24, 2.45) is 39.4 Å². The van der Waals surface area contributed by atoms with Crippen LogP contribution in [0.1, 0.15) is 100 Å². The molecule has 0 aromatic rings. The van der Waals surface area contributed by atoms with Gasteiger partial charge in [0.15, 0.2) is 0 Å². The Balaban J connectivity index is 1.43. The van der Waals surface area contributed by atoms with Crippen molar-refractivity contribution in [2.75, 3.05) is 0 Å². The van der Waals surface area contributed by atoms with Gasteiger partial charge in [0.25, 0.3) is 0 Å². The average molecular weight is 455 g/mol. The summed E-state index contributed by atoms with van der Waals surface area (Å²) < 4.78 is 5.75. The molecule has 0 amide bonds. The smallest absolute Gasteiger partial charge is 0.139 e. The van der Waals surface area contributed by atoms with Gasteiger partial charge in [0, 0.05) is 11.8 Å². The number of carbonyl (C=O) groups is 1. The van der Waals surface area contributed by atoms with Gasteiger partial charge in [-0.15, -0.1) is 0 Å². The zero-order valence-electron chi connectivity index (χ0n) is 22.3. The number of ketones is 1. The Morgan fingerprint density at radius 2 is 1.73 bits per heavy atom. The van der Waals surface area contributed by atoms with Crippen molar-refractivity contribution in [1.29, 1.82) is 0 Å². The van der Waals surface area contributed by atoms with E-state index in [9.17, 15) is 9.90 Å². The van der Waals surface area contributed by atoms with Crippen molar-refractivity contribution in [3.05, 3.63) is 23.3 Å². The molecule has 3 fully saturated rings. The SMILES string of the molecule is C[C@H](C[C@@H](O)[C@@H]1OC1(C)C)[C@H]1CC[C@]2(C)C3=C(CC[C@@]12C)[C@@]1(C)CCC(=O)C(C)(C)C1C=C3. The summed E-state index contributed by atoms with van der Waals surface area (Å²) in [6, 6.07) is 0. The van der Waals surface area contributed by atoms with Crippen molar-refractivity contribution in [2.45, 2.75) is 118 Å².